The van der Waals surface area contributed by atoms with E-state index in [1.165, 1.54) is 17.0 Å². The molecule has 0 aliphatic carbocycles. The number of hydrogen-bond donors (Lipinski definition) is 1. The van der Waals surface area contributed by atoms with Gasteiger partial charge in [0.2, 0.25) is 11.8 Å². The average molecular weight is 632 g/mol. The summed E-state index contributed by atoms with van der Waals surface area (Å²) in [6.07, 6.45) is 0.243. The van der Waals surface area contributed by atoms with E-state index in [1.807, 2.05) is 57.2 Å². The zero-order valence-corrected chi connectivity index (χ0v) is 26.8. The highest BCUT2D eigenvalue weighted by molar-refractivity contribution is 7.92. The third kappa shape index (κ3) is 8.71. The third-order valence-electron chi connectivity index (χ3n) is 7.13. The Morgan fingerprint density at radius 2 is 1.43 bits per heavy atom. The number of nitrogens with zero attached hydrogens (tertiary/aromatic N) is 2. The molecule has 0 aromatic heterocycles. The number of para-hydroxylation sites is 1. The van der Waals surface area contributed by atoms with Gasteiger partial charge in [0.1, 0.15) is 12.6 Å². The summed E-state index contributed by atoms with van der Waals surface area (Å²) in [4.78, 5) is 29.8. The van der Waals surface area contributed by atoms with Crippen LogP contribution in [-0.4, -0.2) is 44.3 Å². The van der Waals surface area contributed by atoms with Crippen molar-refractivity contribution in [2.75, 3.05) is 17.4 Å². The lowest BCUT2D eigenvalue weighted by Crippen LogP contribution is -2.53. The van der Waals surface area contributed by atoms with Crippen molar-refractivity contribution >= 4 is 39.1 Å². The molecule has 44 heavy (non-hydrogen) atoms. The maximum absolute atomic E-state index is 14.4. The van der Waals surface area contributed by atoms with E-state index in [1.54, 1.807) is 60.7 Å². The quantitative estimate of drug-likeness (QED) is 0.189. The number of amides is 2. The van der Waals surface area contributed by atoms with Crippen LogP contribution in [0.15, 0.2) is 114 Å². The molecule has 2 amide bonds. The van der Waals surface area contributed by atoms with Crippen LogP contribution in [0.3, 0.4) is 0 Å². The molecule has 0 heterocycles. The first-order chi connectivity index (χ1) is 21.0. The monoisotopic (exact) mass is 631 g/mol. The number of carbonyl (C=O) groups is 2. The largest absolute Gasteiger partial charge is 0.354 e. The molecule has 7 nitrogen and oxygen atoms in total. The summed E-state index contributed by atoms with van der Waals surface area (Å²) in [5, 5.41) is 3.48. The first-order valence-electron chi connectivity index (χ1n) is 14.5. The molecule has 1 atom stereocenters. The number of hydrogen-bond acceptors (Lipinski definition) is 4. The topological polar surface area (TPSA) is 86.8 Å². The second-order valence-corrected chi connectivity index (χ2v) is 13.5. The number of anilines is 1. The lowest BCUT2D eigenvalue weighted by atomic mass is 10.0. The van der Waals surface area contributed by atoms with Crippen molar-refractivity contribution in [3.8, 4) is 0 Å². The van der Waals surface area contributed by atoms with Crippen molar-refractivity contribution in [3.63, 3.8) is 0 Å². The lowest BCUT2D eigenvalue weighted by Gasteiger charge is -2.34. The Morgan fingerprint density at radius 3 is 2.05 bits per heavy atom. The molecule has 4 rings (SSSR count). The van der Waals surface area contributed by atoms with Crippen LogP contribution in [0.5, 0.6) is 0 Å². The fourth-order valence-electron chi connectivity index (χ4n) is 4.77. The third-order valence-corrected chi connectivity index (χ3v) is 9.15. The number of aryl methyl sites for hydroxylation is 1. The van der Waals surface area contributed by atoms with E-state index in [-0.39, 0.29) is 29.7 Å². The SMILES string of the molecule is Cc1ccc(S(=O)(=O)N(CC(=O)N(Cc2cccc(Cl)c2)C(Cc2ccccc2)C(=O)NCC(C)C)c2ccccc2)cc1. The summed E-state index contributed by atoms with van der Waals surface area (Å²) < 4.78 is 29.2. The van der Waals surface area contributed by atoms with Crippen molar-refractivity contribution in [2.45, 2.75) is 44.7 Å². The summed E-state index contributed by atoms with van der Waals surface area (Å²) >= 11 is 6.30. The van der Waals surface area contributed by atoms with E-state index in [0.717, 1.165) is 15.4 Å². The van der Waals surface area contributed by atoms with E-state index < -0.39 is 28.5 Å². The molecule has 0 spiro atoms. The molecular formula is C35H38ClN3O4S. The number of carbonyl (C=O) groups excluding carboxylic acids is 2. The molecule has 1 unspecified atom stereocenters. The fourth-order valence-corrected chi connectivity index (χ4v) is 6.40. The van der Waals surface area contributed by atoms with Crippen LogP contribution in [0.1, 0.15) is 30.5 Å². The summed E-state index contributed by atoms with van der Waals surface area (Å²) in [7, 11) is -4.14. The first-order valence-corrected chi connectivity index (χ1v) is 16.4. The van der Waals surface area contributed by atoms with Gasteiger partial charge in [0.25, 0.3) is 10.0 Å². The average Bonchev–Trinajstić information content (AvgIpc) is 3.01. The zero-order chi connectivity index (χ0) is 31.7. The molecule has 9 heteroatoms. The van der Waals surface area contributed by atoms with E-state index >= 15 is 0 Å². The van der Waals surface area contributed by atoms with Crippen LogP contribution >= 0.6 is 11.6 Å². The van der Waals surface area contributed by atoms with E-state index in [2.05, 4.69) is 5.32 Å². The molecule has 0 fully saturated rings. The van der Waals surface area contributed by atoms with Crippen LogP contribution in [-0.2, 0) is 32.6 Å². The Hall–Kier alpha value is -4.14. The van der Waals surface area contributed by atoms with Gasteiger partial charge >= 0.3 is 0 Å². The van der Waals surface area contributed by atoms with Crippen LogP contribution in [0.4, 0.5) is 5.69 Å². The summed E-state index contributed by atoms with van der Waals surface area (Å²) in [5.74, 6) is -0.641. The summed E-state index contributed by atoms with van der Waals surface area (Å²) in [6.45, 7) is 5.84. The minimum atomic E-state index is -4.14. The Labute approximate surface area is 265 Å². The van der Waals surface area contributed by atoms with E-state index in [9.17, 15) is 18.0 Å². The maximum atomic E-state index is 14.4. The molecule has 4 aromatic rings. The minimum absolute atomic E-state index is 0.0548. The van der Waals surface area contributed by atoms with Crippen molar-refractivity contribution in [1.82, 2.24) is 10.2 Å². The highest BCUT2D eigenvalue weighted by atomic mass is 35.5. The number of nitrogens with one attached hydrogen (secondary N) is 1. The van der Waals surface area contributed by atoms with Crippen LogP contribution in [0, 0.1) is 12.8 Å². The highest BCUT2D eigenvalue weighted by Crippen LogP contribution is 2.25. The number of halogens is 1. The maximum Gasteiger partial charge on any atom is 0.264 e. The van der Waals surface area contributed by atoms with Gasteiger partial charge in [0.05, 0.1) is 10.6 Å². The van der Waals surface area contributed by atoms with Crippen LogP contribution in [0.25, 0.3) is 0 Å². The van der Waals surface area contributed by atoms with Gasteiger partial charge in [-0.25, -0.2) is 8.42 Å². The van der Waals surface area contributed by atoms with Crippen molar-refractivity contribution in [3.05, 3.63) is 131 Å². The first kappa shape index (κ1) is 32.8. The molecule has 0 aliphatic rings. The van der Waals surface area contributed by atoms with Crippen molar-refractivity contribution in [1.29, 1.82) is 0 Å². The summed E-state index contributed by atoms with van der Waals surface area (Å²) in [5.41, 5.74) is 2.84. The minimum Gasteiger partial charge on any atom is -0.354 e. The second-order valence-electron chi connectivity index (χ2n) is 11.2. The number of rotatable bonds is 13. The van der Waals surface area contributed by atoms with E-state index in [0.29, 0.717) is 22.8 Å². The van der Waals surface area contributed by atoms with E-state index in [4.69, 9.17) is 11.6 Å². The van der Waals surface area contributed by atoms with Crippen LogP contribution in [0.2, 0.25) is 5.02 Å². The van der Waals surface area contributed by atoms with Crippen molar-refractivity contribution < 1.29 is 18.0 Å². The molecular weight excluding hydrogens is 594 g/mol. The van der Waals surface area contributed by atoms with Gasteiger partial charge in [-0.2, -0.15) is 0 Å². The smallest absolute Gasteiger partial charge is 0.264 e. The van der Waals surface area contributed by atoms with Crippen molar-refractivity contribution in [2.24, 2.45) is 5.92 Å². The molecule has 0 radical (unpaired) electrons. The Bertz CT molecular complexity index is 1650. The lowest BCUT2D eigenvalue weighted by molar-refractivity contribution is -0.140. The molecule has 0 aliphatic heterocycles. The van der Waals surface area contributed by atoms with Gasteiger partial charge in [-0.05, 0) is 60.4 Å². The predicted octanol–water partition coefficient (Wildman–Crippen LogP) is 6.26. The second kappa shape index (κ2) is 15.0. The molecule has 4 aromatic carbocycles. The van der Waals surface area contributed by atoms with Crippen LogP contribution < -0.4 is 9.62 Å². The molecule has 1 N–H and O–H groups in total. The number of sulfonamides is 1. The Kier molecular flexibility index (Phi) is 11.2. The highest BCUT2D eigenvalue weighted by Gasteiger charge is 2.34. The summed E-state index contributed by atoms with van der Waals surface area (Å²) in [6, 6.07) is 30.7. The normalized spacial score (nSPS) is 12.0. The standard InChI is InChI=1S/C35H38ClN3O4S/c1-26(2)23-37-35(41)33(22-28-11-6-4-7-12-28)38(24-29-13-10-14-30(36)21-29)34(40)25-39(31-15-8-5-9-16-31)44(42,43)32-19-17-27(3)18-20-32/h4-21,26,33H,22-25H2,1-3H3,(H,37,41). The van der Waals surface area contributed by atoms with Gasteiger partial charge in [0.15, 0.2) is 0 Å². The molecule has 0 saturated heterocycles. The fraction of sp³-hybridized carbons (Fsp3) is 0.257. The van der Waals surface area contributed by atoms with Gasteiger partial charge in [-0.1, -0.05) is 104 Å². The Morgan fingerprint density at radius 1 is 0.818 bits per heavy atom. The van der Waals surface area contributed by atoms with Gasteiger partial charge in [-0.15, -0.1) is 0 Å². The number of benzene rings is 4. The molecule has 230 valence electrons. The zero-order valence-electron chi connectivity index (χ0n) is 25.2. The Balaban J connectivity index is 1.78. The van der Waals surface area contributed by atoms with Gasteiger partial charge in [0, 0.05) is 24.5 Å². The van der Waals surface area contributed by atoms with Gasteiger partial charge in [-0.3, -0.25) is 13.9 Å². The molecule has 0 bridgehead atoms. The molecule has 0 saturated carbocycles. The van der Waals surface area contributed by atoms with Gasteiger partial charge < -0.3 is 10.2 Å². The predicted molar refractivity (Wildman–Crippen MR) is 176 cm³/mol.